The van der Waals surface area contributed by atoms with E-state index in [2.05, 4.69) is 4.98 Å². The van der Waals surface area contributed by atoms with Gasteiger partial charge in [0.1, 0.15) is 0 Å². The van der Waals surface area contributed by atoms with Gasteiger partial charge in [-0.2, -0.15) is 13.8 Å². The number of rotatable bonds is 0. The van der Waals surface area contributed by atoms with Crippen molar-refractivity contribution in [2.75, 3.05) is 0 Å². The average molecular weight is 207 g/mol. The Morgan fingerprint density at radius 1 is 0.857 bits per heavy atom. The van der Waals surface area contributed by atoms with E-state index < -0.39 is 34.5 Å². The zero-order valence-electron chi connectivity index (χ0n) is 7.96. The summed E-state index contributed by atoms with van der Waals surface area (Å²) < 4.78 is 51.5. The van der Waals surface area contributed by atoms with Crippen LogP contribution >= 0.6 is 0 Å². The molecule has 1 aromatic rings. The van der Waals surface area contributed by atoms with E-state index in [-0.39, 0.29) is 0 Å². The van der Waals surface area contributed by atoms with Gasteiger partial charge in [-0.25, -0.2) is 8.78 Å². The molecule has 0 amide bonds. The van der Waals surface area contributed by atoms with Crippen molar-refractivity contribution in [2.45, 2.75) is 26.2 Å². The zero-order valence-corrected chi connectivity index (χ0v) is 7.96. The van der Waals surface area contributed by atoms with Gasteiger partial charge < -0.3 is 0 Å². The molecule has 0 fully saturated rings. The fourth-order valence-corrected chi connectivity index (χ4v) is 1.15. The molecule has 0 spiro atoms. The molecule has 0 aliphatic rings. The molecule has 0 aliphatic heterocycles. The van der Waals surface area contributed by atoms with E-state index in [9.17, 15) is 17.6 Å². The molecule has 1 nitrogen and oxygen atoms in total. The highest BCUT2D eigenvalue weighted by molar-refractivity contribution is 5.24. The third kappa shape index (κ3) is 1.71. The van der Waals surface area contributed by atoms with Gasteiger partial charge in [-0.05, 0) is 5.41 Å². The van der Waals surface area contributed by atoms with Gasteiger partial charge in [0.2, 0.25) is 0 Å². The first kappa shape index (κ1) is 10.9. The third-order valence-corrected chi connectivity index (χ3v) is 1.75. The molecule has 0 bridgehead atoms. The van der Waals surface area contributed by atoms with Crippen molar-refractivity contribution in [2.24, 2.45) is 0 Å². The second kappa shape index (κ2) is 3.22. The molecule has 0 aliphatic carbocycles. The lowest BCUT2D eigenvalue weighted by Crippen LogP contribution is -2.19. The van der Waals surface area contributed by atoms with E-state index >= 15 is 0 Å². The van der Waals surface area contributed by atoms with Crippen LogP contribution in [0.3, 0.4) is 0 Å². The highest BCUT2D eigenvalue weighted by Gasteiger charge is 2.29. The molecule has 14 heavy (non-hydrogen) atoms. The summed E-state index contributed by atoms with van der Waals surface area (Å²) in [7, 11) is 0. The number of hydrogen-bond donors (Lipinski definition) is 0. The van der Waals surface area contributed by atoms with E-state index in [1.54, 1.807) is 0 Å². The van der Waals surface area contributed by atoms with E-state index in [1.165, 1.54) is 20.8 Å². The molecule has 0 saturated heterocycles. The first-order valence-electron chi connectivity index (χ1n) is 3.95. The minimum Gasteiger partial charge on any atom is -0.201 e. The van der Waals surface area contributed by atoms with Crippen LogP contribution in [0.1, 0.15) is 26.3 Å². The summed E-state index contributed by atoms with van der Waals surface area (Å²) >= 11 is 0. The predicted octanol–water partition coefficient (Wildman–Crippen LogP) is 2.94. The molecule has 0 atom stereocenters. The standard InChI is InChI=1S/C9H9F4N/c1-9(2,3)4-5(10)7(12)14-8(13)6(4)11/h1-3H3. The lowest BCUT2D eigenvalue weighted by Gasteiger charge is -2.20. The van der Waals surface area contributed by atoms with E-state index in [4.69, 9.17) is 0 Å². The number of hydrogen-bond acceptors (Lipinski definition) is 1. The smallest absolute Gasteiger partial charge is 0.201 e. The van der Waals surface area contributed by atoms with Gasteiger partial charge in [0.15, 0.2) is 11.6 Å². The molecule has 1 heterocycles. The SMILES string of the molecule is CC(C)(C)c1c(F)c(F)nc(F)c1F. The monoisotopic (exact) mass is 207 g/mol. The largest absolute Gasteiger partial charge is 0.252 e. The molecule has 0 radical (unpaired) electrons. The molecule has 5 heteroatoms. The molecule has 0 saturated carbocycles. The normalized spacial score (nSPS) is 11.9. The summed E-state index contributed by atoms with van der Waals surface area (Å²) in [4.78, 5) is 2.46. The Morgan fingerprint density at radius 2 is 1.21 bits per heavy atom. The fraction of sp³-hybridized carbons (Fsp3) is 0.444. The molecule has 1 rings (SSSR count). The maximum atomic E-state index is 13.1. The number of pyridine rings is 1. The van der Waals surface area contributed by atoms with E-state index in [0.717, 1.165) is 0 Å². The number of aromatic nitrogens is 1. The van der Waals surface area contributed by atoms with Crippen LogP contribution in [0.15, 0.2) is 0 Å². The topological polar surface area (TPSA) is 12.9 Å². The Morgan fingerprint density at radius 3 is 1.50 bits per heavy atom. The Labute approximate surface area is 78.8 Å². The maximum absolute atomic E-state index is 13.1. The predicted molar refractivity (Wildman–Crippen MR) is 42.8 cm³/mol. The van der Waals surface area contributed by atoms with Gasteiger partial charge in [-0.15, -0.1) is 0 Å². The fourth-order valence-electron chi connectivity index (χ4n) is 1.15. The van der Waals surface area contributed by atoms with Crippen LogP contribution in [0.5, 0.6) is 0 Å². The van der Waals surface area contributed by atoms with Crippen molar-refractivity contribution in [3.63, 3.8) is 0 Å². The molecular weight excluding hydrogens is 198 g/mol. The molecular formula is C9H9F4N. The van der Waals surface area contributed by atoms with Gasteiger partial charge in [0.05, 0.1) is 0 Å². The van der Waals surface area contributed by atoms with Crippen LogP contribution in [0.25, 0.3) is 0 Å². The minimum atomic E-state index is -1.62. The Bertz CT molecular complexity index is 342. The first-order valence-corrected chi connectivity index (χ1v) is 3.95. The van der Waals surface area contributed by atoms with Gasteiger partial charge in [0, 0.05) is 5.56 Å². The second-order valence-electron chi connectivity index (χ2n) is 3.95. The van der Waals surface area contributed by atoms with Crippen molar-refractivity contribution in [3.05, 3.63) is 29.1 Å². The summed E-state index contributed by atoms with van der Waals surface area (Å²) in [5.74, 6) is -6.10. The van der Waals surface area contributed by atoms with Crippen LogP contribution in [0.4, 0.5) is 17.6 Å². The van der Waals surface area contributed by atoms with Gasteiger partial charge >= 0.3 is 0 Å². The highest BCUT2D eigenvalue weighted by atomic mass is 19.2. The highest BCUT2D eigenvalue weighted by Crippen LogP contribution is 2.29. The Hall–Kier alpha value is -1.13. The molecule has 0 aromatic carbocycles. The Balaban J connectivity index is 3.56. The molecule has 1 aromatic heterocycles. The van der Waals surface area contributed by atoms with Crippen molar-refractivity contribution in [1.82, 2.24) is 4.98 Å². The van der Waals surface area contributed by atoms with Crippen LogP contribution in [0.2, 0.25) is 0 Å². The van der Waals surface area contributed by atoms with Crippen molar-refractivity contribution in [1.29, 1.82) is 0 Å². The maximum Gasteiger partial charge on any atom is 0.252 e. The Kier molecular flexibility index (Phi) is 2.52. The van der Waals surface area contributed by atoms with E-state index in [0.29, 0.717) is 0 Å². The van der Waals surface area contributed by atoms with Crippen LogP contribution in [-0.4, -0.2) is 4.98 Å². The summed E-state index contributed by atoms with van der Waals surface area (Å²) in [6.45, 7) is 4.36. The van der Waals surface area contributed by atoms with Crippen LogP contribution < -0.4 is 0 Å². The summed E-state index contributed by atoms with van der Waals surface area (Å²) in [5.41, 5.74) is -1.64. The van der Waals surface area contributed by atoms with Crippen molar-refractivity contribution >= 4 is 0 Å². The zero-order chi connectivity index (χ0) is 11.1. The van der Waals surface area contributed by atoms with Gasteiger partial charge in [-0.3, -0.25) is 0 Å². The first-order chi connectivity index (χ1) is 6.25. The number of nitrogens with zero attached hydrogens (tertiary/aromatic N) is 1. The van der Waals surface area contributed by atoms with Crippen LogP contribution in [-0.2, 0) is 5.41 Å². The minimum absolute atomic E-state index is 0.623. The molecule has 78 valence electrons. The van der Waals surface area contributed by atoms with Crippen molar-refractivity contribution < 1.29 is 17.6 Å². The summed E-state index contributed by atoms with van der Waals surface area (Å²) in [5, 5.41) is 0. The van der Waals surface area contributed by atoms with Gasteiger partial charge in [-0.1, -0.05) is 20.8 Å². The third-order valence-electron chi connectivity index (χ3n) is 1.75. The molecule has 0 N–H and O–H groups in total. The van der Waals surface area contributed by atoms with E-state index in [1.807, 2.05) is 0 Å². The lowest BCUT2D eigenvalue weighted by atomic mass is 9.87. The second-order valence-corrected chi connectivity index (χ2v) is 3.95. The molecule has 0 unspecified atom stereocenters. The van der Waals surface area contributed by atoms with Crippen LogP contribution in [0, 0.1) is 23.5 Å². The lowest BCUT2D eigenvalue weighted by molar-refractivity contribution is 0.370. The summed E-state index contributed by atoms with van der Waals surface area (Å²) in [6, 6.07) is 0. The average Bonchev–Trinajstić information content (AvgIpc) is 1.98. The summed E-state index contributed by atoms with van der Waals surface area (Å²) in [6.07, 6.45) is 0. The van der Waals surface area contributed by atoms with Gasteiger partial charge in [0.25, 0.3) is 11.9 Å². The quantitative estimate of drug-likeness (QED) is 0.470. The van der Waals surface area contributed by atoms with Crippen molar-refractivity contribution in [3.8, 4) is 0 Å². The number of halogens is 4.